The van der Waals surface area contributed by atoms with E-state index in [9.17, 15) is 9.59 Å². The second-order valence-corrected chi connectivity index (χ2v) is 9.09. The predicted octanol–water partition coefficient (Wildman–Crippen LogP) is 4.19. The molecule has 3 amide bonds. The Bertz CT molecular complexity index is 1110. The maximum Gasteiger partial charge on any atom is 0.319 e. The Morgan fingerprint density at radius 1 is 1.15 bits per heavy atom. The monoisotopic (exact) mass is 464 g/mol. The summed E-state index contributed by atoms with van der Waals surface area (Å²) in [4.78, 5) is 27.4. The molecular formula is C26H29FN4O3. The van der Waals surface area contributed by atoms with Crippen molar-refractivity contribution in [2.24, 2.45) is 0 Å². The predicted molar refractivity (Wildman–Crippen MR) is 126 cm³/mol. The van der Waals surface area contributed by atoms with Crippen LogP contribution in [-0.4, -0.2) is 49.2 Å². The summed E-state index contributed by atoms with van der Waals surface area (Å²) in [6.45, 7) is 5.44. The van der Waals surface area contributed by atoms with Crippen LogP contribution < -0.4 is 10.6 Å². The molecule has 0 aromatic heterocycles. The summed E-state index contributed by atoms with van der Waals surface area (Å²) in [5.74, 6) is -0.174. The Morgan fingerprint density at radius 3 is 2.47 bits per heavy atom. The number of ether oxygens (including phenoxy) is 1. The molecule has 4 rings (SSSR count). The average Bonchev–Trinajstić information content (AvgIpc) is 3.34. The number of rotatable bonds is 4. The Kier molecular flexibility index (Phi) is 6.85. The Hall–Kier alpha value is -3.44. The summed E-state index contributed by atoms with van der Waals surface area (Å²) in [6.07, 6.45) is 1.15. The van der Waals surface area contributed by atoms with Crippen LogP contribution in [0, 0.1) is 25.2 Å². The lowest BCUT2D eigenvalue weighted by atomic mass is 9.85. The summed E-state index contributed by atoms with van der Waals surface area (Å²) in [5, 5.41) is 14.7. The van der Waals surface area contributed by atoms with Gasteiger partial charge in [-0.2, -0.15) is 5.26 Å². The molecule has 1 atom stereocenters. The molecule has 0 aliphatic carbocycles. The van der Waals surface area contributed by atoms with E-state index in [2.05, 4.69) is 10.6 Å². The standard InChI is InChI=1S/C26H29FN4O3/c1-17-13-18(2)23(30-25(33)29-21-7-12-34-16-21)14-22(17)24(32)31-10-8-26(27,9-11-31)20-5-3-19(15-28)4-6-20/h3-6,13-14,21H,7-12,16H2,1-2H3,(H2,29,30,33). The summed E-state index contributed by atoms with van der Waals surface area (Å²) >= 11 is 0. The SMILES string of the molecule is Cc1cc(C)c(C(=O)N2CCC(F)(c3ccc(C#N)cc3)CC2)cc1NC(=O)NC1CCOC1. The lowest BCUT2D eigenvalue weighted by molar-refractivity contribution is 0.0421. The van der Waals surface area contributed by atoms with Crippen molar-refractivity contribution in [1.82, 2.24) is 10.2 Å². The minimum atomic E-state index is -1.53. The molecule has 1 unspecified atom stereocenters. The molecule has 2 N–H and O–H groups in total. The van der Waals surface area contributed by atoms with Crippen molar-refractivity contribution < 1.29 is 18.7 Å². The highest BCUT2D eigenvalue weighted by atomic mass is 19.1. The Balaban J connectivity index is 1.43. The van der Waals surface area contributed by atoms with Gasteiger partial charge in [-0.1, -0.05) is 18.2 Å². The van der Waals surface area contributed by atoms with Crippen LogP contribution in [0.5, 0.6) is 0 Å². The first-order valence-electron chi connectivity index (χ1n) is 11.5. The van der Waals surface area contributed by atoms with Gasteiger partial charge in [0.15, 0.2) is 0 Å². The number of likely N-dealkylation sites (tertiary alicyclic amines) is 1. The van der Waals surface area contributed by atoms with E-state index in [1.165, 1.54) is 0 Å². The molecule has 178 valence electrons. The van der Waals surface area contributed by atoms with Crippen molar-refractivity contribution in [1.29, 1.82) is 5.26 Å². The quantitative estimate of drug-likeness (QED) is 0.710. The molecule has 0 spiro atoms. The van der Waals surface area contributed by atoms with Crippen molar-refractivity contribution in [3.05, 3.63) is 64.2 Å². The summed E-state index contributed by atoms with van der Waals surface area (Å²) in [7, 11) is 0. The second kappa shape index (κ2) is 9.82. The zero-order valence-electron chi connectivity index (χ0n) is 19.5. The van der Waals surface area contributed by atoms with Crippen LogP contribution in [0.1, 0.15) is 51.9 Å². The third kappa shape index (κ3) is 5.05. The largest absolute Gasteiger partial charge is 0.379 e. The van der Waals surface area contributed by atoms with Gasteiger partial charge in [-0.15, -0.1) is 0 Å². The van der Waals surface area contributed by atoms with Gasteiger partial charge >= 0.3 is 6.03 Å². The van der Waals surface area contributed by atoms with Crippen LogP contribution in [0.4, 0.5) is 14.9 Å². The van der Waals surface area contributed by atoms with E-state index in [0.717, 1.165) is 17.5 Å². The number of nitriles is 1. The molecule has 0 radical (unpaired) electrons. The van der Waals surface area contributed by atoms with Gasteiger partial charge in [-0.3, -0.25) is 4.79 Å². The molecule has 0 saturated carbocycles. The van der Waals surface area contributed by atoms with E-state index in [1.54, 1.807) is 35.2 Å². The van der Waals surface area contributed by atoms with Crippen molar-refractivity contribution >= 4 is 17.6 Å². The lowest BCUT2D eigenvalue weighted by Crippen LogP contribution is -2.43. The third-order valence-electron chi connectivity index (χ3n) is 6.69. The molecule has 2 aliphatic heterocycles. The highest BCUT2D eigenvalue weighted by Crippen LogP contribution is 2.37. The highest BCUT2D eigenvalue weighted by molar-refractivity contribution is 5.98. The zero-order valence-corrected chi connectivity index (χ0v) is 19.5. The normalized spacial score (nSPS) is 19.4. The van der Waals surface area contributed by atoms with Crippen LogP contribution in [0.3, 0.4) is 0 Å². The number of halogens is 1. The molecule has 34 heavy (non-hydrogen) atoms. The first-order chi connectivity index (χ1) is 16.3. The fourth-order valence-electron chi connectivity index (χ4n) is 4.58. The van der Waals surface area contributed by atoms with E-state index >= 15 is 4.39 Å². The minimum Gasteiger partial charge on any atom is -0.379 e. The maximum absolute atomic E-state index is 15.6. The van der Waals surface area contributed by atoms with Crippen molar-refractivity contribution in [3.8, 4) is 6.07 Å². The number of piperidine rings is 1. The second-order valence-electron chi connectivity index (χ2n) is 9.09. The fraction of sp³-hybridized carbons (Fsp3) is 0.423. The van der Waals surface area contributed by atoms with E-state index in [4.69, 9.17) is 10.00 Å². The highest BCUT2D eigenvalue weighted by Gasteiger charge is 2.38. The molecular weight excluding hydrogens is 435 g/mol. The van der Waals surface area contributed by atoms with Crippen molar-refractivity contribution in [2.75, 3.05) is 31.6 Å². The van der Waals surface area contributed by atoms with Gasteiger partial charge in [0.05, 0.1) is 24.3 Å². The average molecular weight is 465 g/mol. The van der Waals surface area contributed by atoms with Gasteiger partial charge in [-0.05, 0) is 55.2 Å². The first-order valence-corrected chi connectivity index (χ1v) is 11.5. The van der Waals surface area contributed by atoms with Crippen LogP contribution in [-0.2, 0) is 10.4 Å². The van der Waals surface area contributed by atoms with Gasteiger partial charge in [0.2, 0.25) is 0 Å². The third-order valence-corrected chi connectivity index (χ3v) is 6.69. The molecule has 2 aromatic rings. The number of hydrogen-bond acceptors (Lipinski definition) is 4. The number of nitrogens with zero attached hydrogens (tertiary/aromatic N) is 2. The molecule has 2 fully saturated rings. The number of carbonyl (C=O) groups excluding carboxylic acids is 2. The molecule has 8 heteroatoms. The molecule has 2 heterocycles. The zero-order chi connectivity index (χ0) is 24.3. The lowest BCUT2D eigenvalue weighted by Gasteiger charge is -2.37. The minimum absolute atomic E-state index is 0.0164. The maximum atomic E-state index is 15.6. The number of nitrogens with one attached hydrogen (secondary N) is 2. The summed E-state index contributed by atoms with van der Waals surface area (Å²) in [6, 6.07) is 11.8. The number of anilines is 1. The van der Waals surface area contributed by atoms with Gasteiger partial charge in [0, 0.05) is 43.8 Å². The van der Waals surface area contributed by atoms with Crippen LogP contribution >= 0.6 is 0 Å². The van der Waals surface area contributed by atoms with E-state index in [0.29, 0.717) is 35.6 Å². The van der Waals surface area contributed by atoms with Crippen molar-refractivity contribution in [2.45, 2.75) is 44.8 Å². The van der Waals surface area contributed by atoms with Crippen LogP contribution in [0.2, 0.25) is 0 Å². The van der Waals surface area contributed by atoms with E-state index < -0.39 is 5.67 Å². The van der Waals surface area contributed by atoms with Crippen LogP contribution in [0.25, 0.3) is 0 Å². The molecule has 2 aliphatic rings. The molecule has 7 nitrogen and oxygen atoms in total. The van der Waals surface area contributed by atoms with Gasteiger partial charge < -0.3 is 20.3 Å². The molecule has 2 aromatic carbocycles. The Morgan fingerprint density at radius 2 is 1.85 bits per heavy atom. The van der Waals surface area contributed by atoms with Crippen LogP contribution in [0.15, 0.2) is 36.4 Å². The number of alkyl halides is 1. The van der Waals surface area contributed by atoms with Gasteiger partial charge in [0.25, 0.3) is 5.91 Å². The molecule has 0 bridgehead atoms. The number of aryl methyl sites for hydroxylation is 2. The number of amides is 3. The Labute approximate surface area is 198 Å². The number of carbonyl (C=O) groups is 2. The van der Waals surface area contributed by atoms with Gasteiger partial charge in [0.1, 0.15) is 5.67 Å². The van der Waals surface area contributed by atoms with Gasteiger partial charge in [-0.25, -0.2) is 9.18 Å². The number of urea groups is 1. The fourth-order valence-corrected chi connectivity index (χ4v) is 4.58. The van der Waals surface area contributed by atoms with Crippen molar-refractivity contribution in [3.63, 3.8) is 0 Å². The number of hydrogen-bond donors (Lipinski definition) is 2. The first kappa shape index (κ1) is 23.7. The summed E-state index contributed by atoms with van der Waals surface area (Å²) < 4.78 is 20.9. The van der Waals surface area contributed by atoms with E-state index in [1.807, 2.05) is 26.0 Å². The smallest absolute Gasteiger partial charge is 0.319 e. The molecule has 2 saturated heterocycles. The van der Waals surface area contributed by atoms with E-state index in [-0.39, 0.29) is 43.9 Å². The number of benzene rings is 2. The topological polar surface area (TPSA) is 94.5 Å². The summed E-state index contributed by atoms with van der Waals surface area (Å²) in [5.41, 5.74) is 2.23.